The minimum Gasteiger partial charge on any atom is -0.477 e. The summed E-state index contributed by atoms with van der Waals surface area (Å²) in [6.07, 6.45) is 0. The number of nitrogens with zero attached hydrogens (tertiary/aromatic N) is 1. The maximum Gasteiger partial charge on any atom is 0.354 e. The molecule has 1 aromatic heterocycles. The van der Waals surface area contributed by atoms with Crippen molar-refractivity contribution in [2.75, 3.05) is 19.8 Å². The van der Waals surface area contributed by atoms with Crippen molar-refractivity contribution >= 4 is 5.97 Å². The lowest BCUT2D eigenvalue weighted by atomic mass is 10.3. The van der Waals surface area contributed by atoms with Crippen LogP contribution in [0.1, 0.15) is 23.1 Å². The monoisotopic (exact) mass is 250 g/mol. The molecule has 0 amide bonds. The maximum absolute atomic E-state index is 10.7. The summed E-state index contributed by atoms with van der Waals surface area (Å²) in [4.78, 5) is 14.7. The summed E-state index contributed by atoms with van der Waals surface area (Å²) < 4.78 is 5.32. The van der Waals surface area contributed by atoms with E-state index in [0.29, 0.717) is 32.0 Å². The Bertz CT molecular complexity index is 418. The van der Waals surface area contributed by atoms with E-state index in [1.165, 1.54) is 6.07 Å². The second-order valence-electron chi connectivity index (χ2n) is 4.01. The molecule has 0 saturated carbocycles. The van der Waals surface area contributed by atoms with Crippen molar-refractivity contribution in [2.24, 2.45) is 0 Å². The van der Waals surface area contributed by atoms with Crippen LogP contribution in [0.5, 0.6) is 0 Å². The first-order chi connectivity index (χ1) is 8.59. The molecule has 1 rings (SSSR count). The molecule has 0 aliphatic heterocycles. The second kappa shape index (κ2) is 7.58. The Morgan fingerprint density at radius 2 is 2.33 bits per heavy atom. The molecule has 98 valence electrons. The average molecular weight is 250 g/mol. The van der Waals surface area contributed by atoms with Gasteiger partial charge in [-0.2, -0.15) is 0 Å². The van der Waals surface area contributed by atoms with Gasteiger partial charge in [-0.05, 0) is 19.1 Å². The molecule has 0 aromatic carbocycles. The molecule has 2 N–H and O–H groups in total. The lowest BCUT2D eigenvalue weighted by Gasteiger charge is -2.06. The first-order valence-corrected chi connectivity index (χ1v) is 5.71. The molecule has 0 spiro atoms. The normalized spacial score (nSPS) is 10.3. The third kappa shape index (κ3) is 5.56. The number of rotatable bonds is 8. The number of ether oxygens (including phenoxy) is 1. The summed E-state index contributed by atoms with van der Waals surface area (Å²) in [5, 5.41) is 11.9. The highest BCUT2D eigenvalue weighted by atomic mass is 16.5. The third-order valence-electron chi connectivity index (χ3n) is 2.10. The highest BCUT2D eigenvalue weighted by molar-refractivity contribution is 5.85. The van der Waals surface area contributed by atoms with Gasteiger partial charge in [-0.3, -0.25) is 0 Å². The van der Waals surface area contributed by atoms with Crippen LogP contribution in [-0.2, 0) is 11.3 Å². The highest BCUT2D eigenvalue weighted by Crippen LogP contribution is 1.99. The molecule has 18 heavy (non-hydrogen) atoms. The molecule has 0 saturated heterocycles. The lowest BCUT2D eigenvalue weighted by molar-refractivity contribution is 0.0690. The van der Waals surface area contributed by atoms with Gasteiger partial charge in [0.15, 0.2) is 0 Å². The number of carbonyl (C=O) groups is 1. The predicted molar refractivity (Wildman–Crippen MR) is 68.5 cm³/mol. The first kappa shape index (κ1) is 14.3. The van der Waals surface area contributed by atoms with Gasteiger partial charge < -0.3 is 15.2 Å². The van der Waals surface area contributed by atoms with Crippen LogP contribution in [-0.4, -0.2) is 35.8 Å². The molecular formula is C13H18N2O3. The second-order valence-corrected chi connectivity index (χ2v) is 4.01. The van der Waals surface area contributed by atoms with E-state index in [1.54, 1.807) is 12.1 Å². The quantitative estimate of drug-likeness (QED) is 0.540. The van der Waals surface area contributed by atoms with E-state index in [9.17, 15) is 4.79 Å². The van der Waals surface area contributed by atoms with Crippen molar-refractivity contribution in [3.63, 3.8) is 0 Å². The summed E-state index contributed by atoms with van der Waals surface area (Å²) in [5.41, 5.74) is 1.76. The highest BCUT2D eigenvalue weighted by Gasteiger charge is 2.04. The van der Waals surface area contributed by atoms with Crippen molar-refractivity contribution < 1.29 is 14.6 Å². The molecule has 0 aliphatic carbocycles. The van der Waals surface area contributed by atoms with Gasteiger partial charge in [0.2, 0.25) is 0 Å². The number of aromatic nitrogens is 1. The molecule has 0 bridgehead atoms. The van der Waals surface area contributed by atoms with E-state index in [-0.39, 0.29) is 5.69 Å². The molecule has 0 aliphatic rings. The number of aromatic carboxylic acids is 1. The minimum atomic E-state index is -1.01. The summed E-state index contributed by atoms with van der Waals surface area (Å²) in [6, 6.07) is 4.95. The number of hydrogen-bond acceptors (Lipinski definition) is 4. The Labute approximate surface area is 107 Å². The molecule has 0 unspecified atom stereocenters. The number of carboxylic acids is 1. The lowest BCUT2D eigenvalue weighted by Crippen LogP contribution is -2.20. The fraction of sp³-hybridized carbons (Fsp3) is 0.385. The van der Waals surface area contributed by atoms with Gasteiger partial charge in [0.05, 0.1) is 18.9 Å². The van der Waals surface area contributed by atoms with Crippen LogP contribution < -0.4 is 5.32 Å². The Balaban J connectivity index is 2.25. The molecule has 5 nitrogen and oxygen atoms in total. The Kier molecular flexibility index (Phi) is 6.04. The fourth-order valence-corrected chi connectivity index (χ4v) is 1.30. The minimum absolute atomic E-state index is 0.0628. The Morgan fingerprint density at radius 3 is 3.00 bits per heavy atom. The van der Waals surface area contributed by atoms with Crippen LogP contribution in [0.2, 0.25) is 0 Å². The van der Waals surface area contributed by atoms with E-state index >= 15 is 0 Å². The number of hydrogen-bond donors (Lipinski definition) is 2. The van der Waals surface area contributed by atoms with Gasteiger partial charge in [0.25, 0.3) is 0 Å². The van der Waals surface area contributed by atoms with Gasteiger partial charge in [0.1, 0.15) is 5.69 Å². The van der Waals surface area contributed by atoms with Gasteiger partial charge >= 0.3 is 5.97 Å². The number of nitrogens with one attached hydrogen (secondary N) is 1. The van der Waals surface area contributed by atoms with Crippen molar-refractivity contribution in [1.82, 2.24) is 10.3 Å². The van der Waals surface area contributed by atoms with Crippen LogP contribution in [0.4, 0.5) is 0 Å². The van der Waals surface area contributed by atoms with Crippen molar-refractivity contribution in [2.45, 2.75) is 13.5 Å². The smallest absolute Gasteiger partial charge is 0.354 e. The zero-order valence-electron chi connectivity index (χ0n) is 10.5. The van der Waals surface area contributed by atoms with Gasteiger partial charge in [-0.25, -0.2) is 9.78 Å². The summed E-state index contributed by atoms with van der Waals surface area (Å²) in [5.74, 6) is -1.01. The van der Waals surface area contributed by atoms with E-state index in [2.05, 4.69) is 16.9 Å². The zero-order valence-corrected chi connectivity index (χ0v) is 10.5. The van der Waals surface area contributed by atoms with Crippen LogP contribution in [0, 0.1) is 0 Å². The molecule has 1 heterocycles. The average Bonchev–Trinajstić information content (AvgIpc) is 2.33. The predicted octanol–water partition coefficient (Wildman–Crippen LogP) is 1.46. The molecular weight excluding hydrogens is 232 g/mol. The van der Waals surface area contributed by atoms with Crippen LogP contribution in [0.25, 0.3) is 0 Å². The van der Waals surface area contributed by atoms with Crippen molar-refractivity contribution in [3.05, 3.63) is 41.7 Å². The van der Waals surface area contributed by atoms with Crippen LogP contribution in [0.3, 0.4) is 0 Å². The Hall–Kier alpha value is -1.72. The zero-order chi connectivity index (χ0) is 13.4. The topological polar surface area (TPSA) is 71.5 Å². The van der Waals surface area contributed by atoms with Gasteiger partial charge in [0, 0.05) is 13.1 Å². The van der Waals surface area contributed by atoms with Crippen molar-refractivity contribution in [3.8, 4) is 0 Å². The van der Waals surface area contributed by atoms with Crippen LogP contribution in [0.15, 0.2) is 30.4 Å². The summed E-state index contributed by atoms with van der Waals surface area (Å²) in [7, 11) is 0. The molecule has 1 aromatic rings. The molecule has 0 atom stereocenters. The van der Waals surface area contributed by atoms with Gasteiger partial charge in [-0.1, -0.05) is 18.2 Å². The van der Waals surface area contributed by atoms with Gasteiger partial charge in [-0.15, -0.1) is 0 Å². The summed E-state index contributed by atoms with van der Waals surface area (Å²) >= 11 is 0. The Morgan fingerprint density at radius 1 is 1.56 bits per heavy atom. The van der Waals surface area contributed by atoms with Crippen LogP contribution >= 0.6 is 0 Å². The molecule has 5 heteroatoms. The molecule has 0 radical (unpaired) electrons. The number of carboxylic acid groups (broad SMARTS) is 1. The van der Waals surface area contributed by atoms with Crippen molar-refractivity contribution in [1.29, 1.82) is 0 Å². The molecule has 0 fully saturated rings. The SMILES string of the molecule is C=C(C)COCCNCc1cccc(C(=O)O)n1. The van der Waals surface area contributed by atoms with E-state index in [0.717, 1.165) is 5.57 Å². The third-order valence-corrected chi connectivity index (χ3v) is 2.10. The largest absolute Gasteiger partial charge is 0.477 e. The van der Waals surface area contributed by atoms with E-state index in [4.69, 9.17) is 9.84 Å². The van der Waals surface area contributed by atoms with E-state index in [1.807, 2.05) is 6.92 Å². The number of pyridine rings is 1. The van der Waals surface area contributed by atoms with E-state index < -0.39 is 5.97 Å². The first-order valence-electron chi connectivity index (χ1n) is 5.71. The standard InChI is InChI=1S/C13H18N2O3/c1-10(2)9-18-7-6-14-8-11-4-3-5-12(15-11)13(16)17/h3-5,14H,1,6-9H2,2H3,(H,16,17). The fourth-order valence-electron chi connectivity index (χ4n) is 1.30. The summed E-state index contributed by atoms with van der Waals surface area (Å²) in [6.45, 7) is 8.01. The maximum atomic E-state index is 10.7.